The van der Waals surface area contributed by atoms with E-state index in [9.17, 15) is 4.79 Å². The van der Waals surface area contributed by atoms with Gasteiger partial charge in [0.15, 0.2) is 5.82 Å². The molecule has 0 spiro atoms. The lowest BCUT2D eigenvalue weighted by molar-refractivity contribution is -0.128. The Balaban J connectivity index is 1.40. The Labute approximate surface area is 168 Å². The number of hydrogen-bond donors (Lipinski definition) is 1. The van der Waals surface area contributed by atoms with Crippen LogP contribution in [0.1, 0.15) is 17.5 Å². The van der Waals surface area contributed by atoms with Crippen molar-refractivity contribution in [3.8, 4) is 17.1 Å². The van der Waals surface area contributed by atoms with Crippen LogP contribution in [0.15, 0.2) is 48.5 Å². The van der Waals surface area contributed by atoms with Crippen molar-refractivity contribution in [2.45, 2.75) is 25.9 Å². The van der Waals surface area contributed by atoms with Gasteiger partial charge in [0, 0.05) is 30.2 Å². The minimum absolute atomic E-state index is 0.100. The summed E-state index contributed by atoms with van der Waals surface area (Å²) in [7, 11) is 1.65. The van der Waals surface area contributed by atoms with Crippen molar-refractivity contribution in [2.75, 3.05) is 19.0 Å². The van der Waals surface area contributed by atoms with E-state index in [-0.39, 0.29) is 11.9 Å². The number of hydrogen-bond acceptors (Lipinski definition) is 6. The molecule has 7 heteroatoms. The highest BCUT2D eigenvalue weighted by molar-refractivity contribution is 7.09. The van der Waals surface area contributed by atoms with E-state index in [0.29, 0.717) is 17.5 Å². The number of rotatable bonds is 6. The number of ether oxygens (including phenoxy) is 1. The lowest BCUT2D eigenvalue weighted by Crippen LogP contribution is -2.33. The first-order valence-corrected chi connectivity index (χ1v) is 9.99. The molecule has 28 heavy (non-hydrogen) atoms. The van der Waals surface area contributed by atoms with Gasteiger partial charge in [-0.15, -0.1) is 0 Å². The fourth-order valence-corrected chi connectivity index (χ4v) is 3.98. The number of aromatic nitrogens is 2. The smallest absolute Gasteiger partial charge is 0.245 e. The van der Waals surface area contributed by atoms with Gasteiger partial charge in [0.25, 0.3) is 0 Å². The second kappa shape index (κ2) is 7.98. The molecule has 2 heterocycles. The third kappa shape index (κ3) is 3.84. The molecule has 1 unspecified atom stereocenters. The highest BCUT2D eigenvalue weighted by atomic mass is 32.1. The number of amides is 1. The van der Waals surface area contributed by atoms with Crippen LogP contribution in [0.25, 0.3) is 11.4 Å². The van der Waals surface area contributed by atoms with Gasteiger partial charge in [-0.2, -0.15) is 9.36 Å². The normalized spacial score (nSPS) is 16.4. The third-order valence-corrected chi connectivity index (χ3v) is 5.59. The minimum Gasteiger partial charge on any atom is -0.497 e. The summed E-state index contributed by atoms with van der Waals surface area (Å²) in [6, 6.07) is 15.6. The molecule has 2 aromatic carbocycles. The number of aryl methyl sites for hydroxylation is 1. The van der Waals surface area contributed by atoms with E-state index in [1.807, 2.05) is 60.4 Å². The van der Waals surface area contributed by atoms with Crippen molar-refractivity contribution in [1.29, 1.82) is 0 Å². The molecule has 3 aromatic rings. The molecule has 6 nitrogen and oxygen atoms in total. The van der Waals surface area contributed by atoms with Gasteiger partial charge in [-0.05, 0) is 36.6 Å². The van der Waals surface area contributed by atoms with E-state index in [0.717, 1.165) is 35.4 Å². The monoisotopic (exact) mass is 394 g/mol. The van der Waals surface area contributed by atoms with Gasteiger partial charge >= 0.3 is 0 Å². The van der Waals surface area contributed by atoms with Gasteiger partial charge in [-0.1, -0.05) is 36.4 Å². The molecule has 0 saturated carbocycles. The Hall–Kier alpha value is -2.93. The highest BCUT2D eigenvalue weighted by Gasteiger charge is 2.32. The zero-order valence-electron chi connectivity index (χ0n) is 15.9. The Kier molecular flexibility index (Phi) is 5.25. The van der Waals surface area contributed by atoms with E-state index in [1.54, 1.807) is 7.11 Å². The van der Waals surface area contributed by atoms with Crippen LogP contribution in [0, 0.1) is 6.92 Å². The zero-order valence-corrected chi connectivity index (χ0v) is 16.7. The van der Waals surface area contributed by atoms with Crippen LogP contribution >= 0.6 is 11.5 Å². The molecular formula is C21H22N4O2S. The molecule has 1 aliphatic rings. The quantitative estimate of drug-likeness (QED) is 0.690. The maximum Gasteiger partial charge on any atom is 0.245 e. The molecule has 144 valence electrons. The minimum atomic E-state index is -0.254. The molecule has 0 aliphatic carbocycles. The summed E-state index contributed by atoms with van der Waals surface area (Å²) >= 11 is 1.29. The maximum atomic E-state index is 12.8. The van der Waals surface area contributed by atoms with Crippen LogP contribution < -0.4 is 10.1 Å². The van der Waals surface area contributed by atoms with E-state index in [1.165, 1.54) is 11.5 Å². The Morgan fingerprint density at radius 1 is 1.21 bits per heavy atom. The molecule has 1 fully saturated rings. The van der Waals surface area contributed by atoms with Gasteiger partial charge in [0.1, 0.15) is 11.8 Å². The first-order chi connectivity index (χ1) is 13.6. The summed E-state index contributed by atoms with van der Waals surface area (Å²) in [5.74, 6) is 1.62. The van der Waals surface area contributed by atoms with Gasteiger partial charge < -0.3 is 15.0 Å². The van der Waals surface area contributed by atoms with E-state index in [2.05, 4.69) is 14.7 Å². The SMILES string of the molecule is COc1ccc(CN2CCC(Nc3nc(-c4ccccc4C)ns3)C2=O)cc1. The molecule has 4 rings (SSSR count). The van der Waals surface area contributed by atoms with Crippen molar-refractivity contribution < 1.29 is 9.53 Å². The lowest BCUT2D eigenvalue weighted by Gasteiger charge is -2.17. The standard InChI is InChI=1S/C21H22N4O2S/c1-14-5-3-4-6-17(14)19-23-21(28-24-19)22-18-11-12-25(20(18)26)13-15-7-9-16(27-2)10-8-15/h3-10,18H,11-13H2,1-2H3,(H,22,23,24). The molecule has 1 amide bonds. The van der Waals surface area contributed by atoms with E-state index >= 15 is 0 Å². The lowest BCUT2D eigenvalue weighted by atomic mass is 10.1. The summed E-state index contributed by atoms with van der Waals surface area (Å²) < 4.78 is 9.63. The number of carbonyl (C=O) groups is 1. The second-order valence-electron chi connectivity index (χ2n) is 6.83. The maximum absolute atomic E-state index is 12.8. The Morgan fingerprint density at radius 2 is 2.00 bits per heavy atom. The number of methoxy groups -OCH3 is 1. The van der Waals surface area contributed by atoms with Gasteiger partial charge in [0.2, 0.25) is 11.0 Å². The molecule has 1 aliphatic heterocycles. The Morgan fingerprint density at radius 3 is 2.75 bits per heavy atom. The summed E-state index contributed by atoms with van der Waals surface area (Å²) in [4.78, 5) is 19.2. The van der Waals surface area contributed by atoms with E-state index < -0.39 is 0 Å². The number of carbonyl (C=O) groups excluding carboxylic acids is 1. The van der Waals surface area contributed by atoms with Crippen LogP contribution in [0.2, 0.25) is 0 Å². The van der Waals surface area contributed by atoms with Crippen molar-refractivity contribution in [2.24, 2.45) is 0 Å². The predicted molar refractivity (Wildman–Crippen MR) is 111 cm³/mol. The first-order valence-electron chi connectivity index (χ1n) is 9.22. The van der Waals surface area contributed by atoms with Crippen LogP contribution in [0.4, 0.5) is 5.13 Å². The molecule has 0 radical (unpaired) electrons. The largest absolute Gasteiger partial charge is 0.497 e. The summed E-state index contributed by atoms with van der Waals surface area (Å²) in [5, 5.41) is 3.95. The molecule has 1 atom stereocenters. The average molecular weight is 395 g/mol. The fraction of sp³-hybridized carbons (Fsp3) is 0.286. The van der Waals surface area contributed by atoms with E-state index in [4.69, 9.17) is 4.74 Å². The average Bonchev–Trinajstić information content (AvgIpc) is 3.31. The fourth-order valence-electron chi connectivity index (χ4n) is 3.35. The van der Waals surface area contributed by atoms with Crippen molar-refractivity contribution in [1.82, 2.24) is 14.3 Å². The third-order valence-electron chi connectivity index (χ3n) is 4.94. The Bertz CT molecular complexity index is 971. The zero-order chi connectivity index (χ0) is 19.5. The van der Waals surface area contributed by atoms with Crippen molar-refractivity contribution in [3.05, 3.63) is 59.7 Å². The molecule has 1 aromatic heterocycles. The number of benzene rings is 2. The highest BCUT2D eigenvalue weighted by Crippen LogP contribution is 2.26. The van der Waals surface area contributed by atoms with Gasteiger partial charge in [0.05, 0.1) is 7.11 Å². The number of anilines is 1. The van der Waals surface area contributed by atoms with Crippen LogP contribution in [-0.4, -0.2) is 39.9 Å². The number of likely N-dealkylation sites (tertiary alicyclic amines) is 1. The summed E-state index contributed by atoms with van der Waals surface area (Å²) in [6.07, 6.45) is 0.758. The molecule has 1 N–H and O–H groups in total. The predicted octanol–water partition coefficient (Wildman–Crippen LogP) is 3.74. The van der Waals surface area contributed by atoms with Gasteiger partial charge in [-0.25, -0.2) is 0 Å². The van der Waals surface area contributed by atoms with Crippen molar-refractivity contribution in [3.63, 3.8) is 0 Å². The summed E-state index contributed by atoms with van der Waals surface area (Å²) in [5.41, 5.74) is 3.24. The van der Waals surface area contributed by atoms with Gasteiger partial charge in [-0.3, -0.25) is 4.79 Å². The second-order valence-corrected chi connectivity index (χ2v) is 7.58. The topological polar surface area (TPSA) is 67.3 Å². The first kappa shape index (κ1) is 18.4. The molecule has 0 bridgehead atoms. The summed E-state index contributed by atoms with van der Waals surface area (Å²) in [6.45, 7) is 3.37. The van der Waals surface area contributed by atoms with Crippen molar-refractivity contribution >= 4 is 22.6 Å². The van der Waals surface area contributed by atoms with Crippen LogP contribution in [0.5, 0.6) is 5.75 Å². The molecule has 1 saturated heterocycles. The van der Waals surface area contributed by atoms with Crippen LogP contribution in [0.3, 0.4) is 0 Å². The van der Waals surface area contributed by atoms with Crippen LogP contribution in [-0.2, 0) is 11.3 Å². The number of nitrogens with one attached hydrogen (secondary N) is 1. The number of nitrogens with zero attached hydrogens (tertiary/aromatic N) is 3. The molecular weight excluding hydrogens is 372 g/mol.